The van der Waals surface area contributed by atoms with E-state index in [-0.39, 0.29) is 29.2 Å². The summed E-state index contributed by atoms with van der Waals surface area (Å²) in [5, 5.41) is 6.91. The number of aryl methyl sites for hydroxylation is 2. The molecule has 0 spiro atoms. The van der Waals surface area contributed by atoms with Gasteiger partial charge < -0.3 is 20.3 Å². The van der Waals surface area contributed by atoms with E-state index in [1.54, 1.807) is 7.11 Å². The molecule has 2 heterocycles. The highest BCUT2D eigenvalue weighted by atomic mass is 32.1. The minimum atomic E-state index is -0.272. The van der Waals surface area contributed by atoms with Gasteiger partial charge in [-0.25, -0.2) is 0 Å². The van der Waals surface area contributed by atoms with Gasteiger partial charge in [-0.15, -0.1) is 11.3 Å². The molecule has 1 aromatic heterocycles. The number of amides is 2. The smallest absolute Gasteiger partial charge is 0.227 e. The van der Waals surface area contributed by atoms with Crippen LogP contribution in [-0.2, 0) is 39.3 Å². The van der Waals surface area contributed by atoms with Gasteiger partial charge in [0.05, 0.1) is 17.4 Å². The molecule has 3 aliphatic rings. The van der Waals surface area contributed by atoms with Crippen LogP contribution in [-0.4, -0.2) is 49.6 Å². The van der Waals surface area contributed by atoms with Crippen LogP contribution in [0.3, 0.4) is 0 Å². The highest BCUT2D eigenvalue weighted by molar-refractivity contribution is 7.12. The Kier molecular flexibility index (Phi) is 9.41. The highest BCUT2D eigenvalue weighted by Crippen LogP contribution is 2.39. The van der Waals surface area contributed by atoms with Crippen LogP contribution in [0.15, 0.2) is 36.4 Å². The minimum absolute atomic E-state index is 0.0931. The van der Waals surface area contributed by atoms with E-state index < -0.39 is 0 Å². The van der Waals surface area contributed by atoms with E-state index in [2.05, 4.69) is 52.8 Å². The van der Waals surface area contributed by atoms with E-state index in [4.69, 9.17) is 4.74 Å². The summed E-state index contributed by atoms with van der Waals surface area (Å²) in [6, 6.07) is 13.1. The predicted octanol–water partition coefficient (Wildman–Crippen LogP) is 5.19. The molecule has 7 heteroatoms. The van der Waals surface area contributed by atoms with Crippen molar-refractivity contribution >= 4 is 23.2 Å². The largest absolute Gasteiger partial charge is 0.385 e. The van der Waals surface area contributed by atoms with Gasteiger partial charge in [0, 0.05) is 49.1 Å². The Morgan fingerprint density at radius 1 is 1.13 bits per heavy atom. The average Bonchev–Trinajstić information content (AvgIpc) is 3.57. The van der Waals surface area contributed by atoms with E-state index in [1.165, 1.54) is 20.9 Å². The monoisotopic (exact) mass is 551 g/mol. The molecular formula is C32H45N3O3S. The number of piperidine rings is 1. The molecule has 2 aliphatic carbocycles. The molecule has 1 saturated heterocycles. The van der Waals surface area contributed by atoms with Gasteiger partial charge >= 0.3 is 0 Å². The first kappa shape index (κ1) is 28.3. The fourth-order valence-corrected chi connectivity index (χ4v) is 7.72. The number of carbonyl (C=O) groups excluding carboxylic acids is 2. The lowest BCUT2D eigenvalue weighted by Crippen LogP contribution is -2.53. The Labute approximate surface area is 237 Å². The second-order valence-corrected chi connectivity index (χ2v) is 13.0. The van der Waals surface area contributed by atoms with Crippen LogP contribution in [0.2, 0.25) is 0 Å². The summed E-state index contributed by atoms with van der Waals surface area (Å²) >= 11 is 1.89. The molecule has 1 aliphatic heterocycles. The summed E-state index contributed by atoms with van der Waals surface area (Å²) in [6.45, 7) is 4.97. The molecule has 1 unspecified atom stereocenters. The third kappa shape index (κ3) is 6.75. The van der Waals surface area contributed by atoms with Crippen LogP contribution in [0.25, 0.3) is 0 Å². The standard InChI is InChI=1S/C32H45N3O3S/c1-3-29-25(19-28(39-29)12-9-17-38-2)22-35(27-13-14-27)31(37)24-18-23(20-33-21-24)30(36)34-32(15-7-8-16-32)26-10-5-4-6-11-26/h4-6,10-11,19,23-24,27,33H,3,7-9,12-18,20-22H2,1-2H3,(H,34,36)/t23?,24-/m1/s1. The first-order valence-electron chi connectivity index (χ1n) is 15.0. The van der Waals surface area contributed by atoms with Crippen LogP contribution in [0.4, 0.5) is 0 Å². The number of hydrogen-bond donors (Lipinski definition) is 2. The van der Waals surface area contributed by atoms with Gasteiger partial charge in [-0.05, 0) is 68.6 Å². The maximum atomic E-state index is 13.9. The molecule has 2 atom stereocenters. The van der Waals surface area contributed by atoms with E-state index in [1.807, 2.05) is 17.4 Å². The van der Waals surface area contributed by atoms with Gasteiger partial charge in [0.1, 0.15) is 0 Å². The van der Waals surface area contributed by atoms with E-state index in [9.17, 15) is 9.59 Å². The molecule has 1 aromatic carbocycles. The predicted molar refractivity (Wildman–Crippen MR) is 157 cm³/mol. The summed E-state index contributed by atoms with van der Waals surface area (Å²) in [4.78, 5) is 32.5. The number of nitrogens with zero attached hydrogens (tertiary/aromatic N) is 1. The number of methoxy groups -OCH3 is 1. The van der Waals surface area contributed by atoms with Crippen molar-refractivity contribution in [1.82, 2.24) is 15.5 Å². The number of carbonyl (C=O) groups is 2. The zero-order valence-corrected chi connectivity index (χ0v) is 24.5. The molecule has 2 aromatic rings. The van der Waals surface area contributed by atoms with Gasteiger partial charge in [-0.1, -0.05) is 50.1 Å². The van der Waals surface area contributed by atoms with Crippen LogP contribution >= 0.6 is 11.3 Å². The Bertz CT molecular complexity index is 1110. The number of hydrogen-bond acceptors (Lipinski definition) is 5. The van der Waals surface area contributed by atoms with Gasteiger partial charge in [-0.3, -0.25) is 9.59 Å². The van der Waals surface area contributed by atoms with Crippen molar-refractivity contribution in [2.45, 2.75) is 89.3 Å². The molecule has 212 valence electrons. The van der Waals surface area contributed by atoms with Crippen molar-refractivity contribution in [3.63, 3.8) is 0 Å². The maximum Gasteiger partial charge on any atom is 0.227 e. The van der Waals surface area contributed by atoms with Crippen molar-refractivity contribution < 1.29 is 14.3 Å². The summed E-state index contributed by atoms with van der Waals surface area (Å²) in [6.07, 6.45) is 10.1. The topological polar surface area (TPSA) is 70.7 Å². The first-order chi connectivity index (χ1) is 19.0. The molecule has 39 heavy (non-hydrogen) atoms. The molecule has 3 fully saturated rings. The number of thiophene rings is 1. The van der Waals surface area contributed by atoms with Crippen LogP contribution in [0.1, 0.15) is 79.2 Å². The van der Waals surface area contributed by atoms with E-state index >= 15 is 0 Å². The molecule has 2 saturated carbocycles. The van der Waals surface area contributed by atoms with Crippen LogP contribution < -0.4 is 10.6 Å². The van der Waals surface area contributed by atoms with Gasteiger partial charge in [0.15, 0.2) is 0 Å². The summed E-state index contributed by atoms with van der Waals surface area (Å²) in [7, 11) is 1.75. The maximum absolute atomic E-state index is 13.9. The first-order valence-corrected chi connectivity index (χ1v) is 15.8. The van der Waals surface area contributed by atoms with Crippen molar-refractivity contribution in [3.8, 4) is 0 Å². The van der Waals surface area contributed by atoms with Gasteiger partial charge in [-0.2, -0.15) is 0 Å². The second-order valence-electron chi connectivity index (χ2n) is 11.7. The number of nitrogens with one attached hydrogen (secondary N) is 2. The number of ether oxygens (including phenoxy) is 1. The fourth-order valence-electron chi connectivity index (χ4n) is 6.56. The number of benzene rings is 1. The molecule has 5 rings (SSSR count). The van der Waals surface area contributed by atoms with Gasteiger partial charge in [0.25, 0.3) is 0 Å². The molecular weight excluding hydrogens is 506 g/mol. The second kappa shape index (κ2) is 13.0. The van der Waals surface area contributed by atoms with Crippen molar-refractivity contribution in [1.29, 1.82) is 0 Å². The Morgan fingerprint density at radius 3 is 2.56 bits per heavy atom. The lowest BCUT2D eigenvalue weighted by Gasteiger charge is -2.36. The SMILES string of the molecule is CCc1sc(CCCOC)cc1CN(C(=O)[C@H]1CNCC(C(=O)NC2(c3ccccc3)CCCC2)C1)C1CC1. The zero-order chi connectivity index (χ0) is 27.2. The summed E-state index contributed by atoms with van der Waals surface area (Å²) in [5.41, 5.74) is 2.24. The number of rotatable bonds is 12. The lowest BCUT2D eigenvalue weighted by molar-refractivity contribution is -0.139. The normalized spacial score (nSPS) is 22.5. The van der Waals surface area contributed by atoms with Gasteiger partial charge in [0.2, 0.25) is 11.8 Å². The zero-order valence-electron chi connectivity index (χ0n) is 23.7. The minimum Gasteiger partial charge on any atom is -0.385 e. The van der Waals surface area contributed by atoms with E-state index in [0.717, 1.165) is 64.4 Å². The Balaban J connectivity index is 1.25. The lowest BCUT2D eigenvalue weighted by atomic mass is 9.85. The quantitative estimate of drug-likeness (QED) is 0.356. The average molecular weight is 552 g/mol. The molecule has 0 bridgehead atoms. The third-order valence-electron chi connectivity index (χ3n) is 8.87. The molecule has 2 N–H and O–H groups in total. The van der Waals surface area contributed by atoms with Crippen LogP contribution in [0, 0.1) is 11.8 Å². The van der Waals surface area contributed by atoms with Crippen molar-refractivity contribution in [2.24, 2.45) is 11.8 Å². The third-order valence-corrected chi connectivity index (χ3v) is 10.2. The Morgan fingerprint density at radius 2 is 1.87 bits per heavy atom. The van der Waals surface area contributed by atoms with Crippen molar-refractivity contribution in [2.75, 3.05) is 26.8 Å². The van der Waals surface area contributed by atoms with E-state index in [0.29, 0.717) is 32.1 Å². The molecule has 6 nitrogen and oxygen atoms in total. The molecule has 2 amide bonds. The fraction of sp³-hybridized carbons (Fsp3) is 0.625. The highest BCUT2D eigenvalue weighted by Gasteiger charge is 2.42. The summed E-state index contributed by atoms with van der Waals surface area (Å²) in [5.74, 6) is -0.0308. The molecule has 0 radical (unpaired) electrons. The van der Waals surface area contributed by atoms with Crippen LogP contribution in [0.5, 0.6) is 0 Å². The Hall–Kier alpha value is -2.22. The summed E-state index contributed by atoms with van der Waals surface area (Å²) < 4.78 is 5.24. The van der Waals surface area contributed by atoms with Crippen molar-refractivity contribution in [3.05, 3.63) is 57.3 Å².